The van der Waals surface area contributed by atoms with Crippen molar-refractivity contribution in [2.45, 2.75) is 52.4 Å². The van der Waals surface area contributed by atoms with Gasteiger partial charge in [0, 0.05) is 38.3 Å². The van der Waals surface area contributed by atoms with E-state index in [1.165, 1.54) is 60.4 Å². The van der Waals surface area contributed by atoms with Gasteiger partial charge in [-0.25, -0.2) is 0 Å². The molecule has 0 bridgehead atoms. The highest BCUT2D eigenvalue weighted by atomic mass is 15.0. The Hall–Kier alpha value is -3.52. The van der Waals surface area contributed by atoms with Crippen LogP contribution in [-0.2, 0) is 10.8 Å². The van der Waals surface area contributed by atoms with E-state index in [0.29, 0.717) is 0 Å². The minimum atomic E-state index is 0.104. The first-order chi connectivity index (χ1) is 16.1. The van der Waals surface area contributed by atoms with E-state index in [4.69, 9.17) is 0 Å². The maximum Gasteiger partial charge on any atom is 0.0541 e. The van der Waals surface area contributed by atoms with Gasteiger partial charge in [0.1, 0.15) is 0 Å². The highest BCUT2D eigenvalue weighted by molar-refractivity contribution is 6.11. The molecule has 6 aromatic rings. The van der Waals surface area contributed by atoms with Crippen LogP contribution in [-0.4, -0.2) is 9.55 Å². The highest BCUT2D eigenvalue weighted by Gasteiger charge is 2.21. The molecule has 0 saturated heterocycles. The highest BCUT2D eigenvalue weighted by Crippen LogP contribution is 2.38. The summed E-state index contributed by atoms with van der Waals surface area (Å²) < 4.78 is 2.44. The largest absolute Gasteiger partial charge is 0.355 e. The molecule has 4 aromatic carbocycles. The number of hydrogen-bond donors (Lipinski definition) is 1. The summed E-state index contributed by atoms with van der Waals surface area (Å²) in [5, 5.41) is 5.19. The van der Waals surface area contributed by atoms with E-state index in [0.717, 1.165) is 0 Å². The molecule has 34 heavy (non-hydrogen) atoms. The predicted octanol–water partition coefficient (Wildman–Crippen LogP) is 9.01. The molecule has 0 aliphatic rings. The van der Waals surface area contributed by atoms with Crippen LogP contribution in [0.5, 0.6) is 0 Å². The molecule has 170 valence electrons. The number of aromatic amines is 1. The summed E-state index contributed by atoms with van der Waals surface area (Å²) in [5.74, 6) is 0. The molecule has 0 atom stereocenters. The number of hydrogen-bond acceptors (Lipinski definition) is 0. The van der Waals surface area contributed by atoms with Crippen molar-refractivity contribution in [1.82, 2.24) is 9.55 Å². The lowest BCUT2D eigenvalue weighted by atomic mass is 9.85. The molecule has 0 amide bonds. The third-order valence-electron chi connectivity index (χ3n) is 7.25. The number of benzene rings is 4. The van der Waals surface area contributed by atoms with Crippen LogP contribution in [0.15, 0.2) is 78.9 Å². The average molecular weight is 445 g/mol. The van der Waals surface area contributed by atoms with Crippen molar-refractivity contribution in [1.29, 1.82) is 0 Å². The van der Waals surface area contributed by atoms with E-state index in [2.05, 4.69) is 130 Å². The summed E-state index contributed by atoms with van der Waals surface area (Å²) in [5.41, 5.74) is 9.02. The maximum atomic E-state index is 3.56. The summed E-state index contributed by atoms with van der Waals surface area (Å²) in [6, 6.07) is 29.4. The Kier molecular flexibility index (Phi) is 4.33. The number of nitrogens with one attached hydrogen (secondary N) is 1. The fourth-order valence-electron chi connectivity index (χ4n) is 5.21. The lowest BCUT2D eigenvalue weighted by molar-refractivity contribution is 0.590. The second kappa shape index (κ2) is 6.99. The zero-order valence-corrected chi connectivity index (χ0v) is 21.0. The van der Waals surface area contributed by atoms with Crippen LogP contribution in [0.2, 0.25) is 0 Å². The molecule has 1 N–H and O–H groups in total. The molecule has 0 fully saturated rings. The Morgan fingerprint density at radius 1 is 0.529 bits per heavy atom. The average Bonchev–Trinajstić information content (AvgIpc) is 3.32. The van der Waals surface area contributed by atoms with Crippen LogP contribution in [0, 0.1) is 0 Å². The molecule has 0 saturated carbocycles. The Labute approximate surface area is 201 Å². The zero-order valence-electron chi connectivity index (χ0n) is 21.0. The number of para-hydroxylation sites is 1. The molecule has 0 radical (unpaired) electrons. The van der Waals surface area contributed by atoms with Crippen molar-refractivity contribution in [3.05, 3.63) is 90.0 Å². The molecule has 0 unspecified atom stereocenters. The summed E-state index contributed by atoms with van der Waals surface area (Å²) >= 11 is 0. The van der Waals surface area contributed by atoms with Crippen molar-refractivity contribution < 1.29 is 0 Å². The van der Waals surface area contributed by atoms with Crippen molar-refractivity contribution in [3.8, 4) is 5.69 Å². The van der Waals surface area contributed by atoms with Crippen LogP contribution < -0.4 is 0 Å². The summed E-state index contributed by atoms with van der Waals surface area (Å²) in [4.78, 5) is 3.56. The molecule has 2 nitrogen and oxygen atoms in total. The number of rotatable bonds is 1. The minimum Gasteiger partial charge on any atom is -0.355 e. The fourth-order valence-corrected chi connectivity index (χ4v) is 5.21. The maximum absolute atomic E-state index is 3.56. The summed E-state index contributed by atoms with van der Waals surface area (Å²) in [6.45, 7) is 13.7. The van der Waals surface area contributed by atoms with Gasteiger partial charge in [0.25, 0.3) is 0 Å². The normalized spacial score (nSPS) is 13.0. The van der Waals surface area contributed by atoms with Gasteiger partial charge in [-0.2, -0.15) is 0 Å². The van der Waals surface area contributed by atoms with E-state index < -0.39 is 0 Å². The number of H-pyrrole nitrogens is 1. The van der Waals surface area contributed by atoms with Gasteiger partial charge in [-0.1, -0.05) is 71.9 Å². The zero-order chi connectivity index (χ0) is 23.8. The second-order valence-electron chi connectivity index (χ2n) is 11.7. The van der Waals surface area contributed by atoms with Crippen LogP contribution in [0.3, 0.4) is 0 Å². The smallest absolute Gasteiger partial charge is 0.0541 e. The van der Waals surface area contributed by atoms with Crippen molar-refractivity contribution in [2.75, 3.05) is 0 Å². The van der Waals surface area contributed by atoms with Gasteiger partial charge in [0.15, 0.2) is 0 Å². The Morgan fingerprint density at radius 2 is 1.09 bits per heavy atom. The molecule has 0 aliphatic carbocycles. The number of fused-ring (bicyclic) bond motifs is 6. The fraction of sp³-hybridized carbons (Fsp3) is 0.250. The SMILES string of the molecule is CC(C)(C)c1ccc2c(c1)c1cc(C(C)(C)C)ccc1n2-c1ccc2[nH]c3ccccc3c2c1. The van der Waals surface area contributed by atoms with Crippen LogP contribution in [0.1, 0.15) is 52.7 Å². The van der Waals surface area contributed by atoms with Gasteiger partial charge < -0.3 is 9.55 Å². The molecular weight excluding hydrogens is 412 g/mol. The molecule has 0 aliphatic heterocycles. The molecule has 2 aromatic heterocycles. The number of aromatic nitrogens is 2. The van der Waals surface area contributed by atoms with Gasteiger partial charge in [0.05, 0.1) is 11.0 Å². The lowest BCUT2D eigenvalue weighted by Crippen LogP contribution is -2.10. The molecule has 6 rings (SSSR count). The number of nitrogens with zero attached hydrogens (tertiary/aromatic N) is 1. The first-order valence-electron chi connectivity index (χ1n) is 12.2. The van der Waals surface area contributed by atoms with Gasteiger partial charge in [-0.05, 0) is 70.5 Å². The van der Waals surface area contributed by atoms with E-state index in [1.54, 1.807) is 0 Å². The van der Waals surface area contributed by atoms with E-state index in [-0.39, 0.29) is 10.8 Å². The third-order valence-corrected chi connectivity index (χ3v) is 7.25. The Bertz CT molecular complexity index is 1640. The topological polar surface area (TPSA) is 20.7 Å². The van der Waals surface area contributed by atoms with Gasteiger partial charge in [-0.3, -0.25) is 0 Å². The second-order valence-corrected chi connectivity index (χ2v) is 11.7. The van der Waals surface area contributed by atoms with Gasteiger partial charge in [0.2, 0.25) is 0 Å². The summed E-state index contributed by atoms with van der Waals surface area (Å²) in [7, 11) is 0. The van der Waals surface area contributed by atoms with E-state index >= 15 is 0 Å². The standard InChI is InChI=1S/C32H32N2/c1-31(2,3)20-11-15-29-25(17-20)26-18-21(32(4,5)6)12-16-30(26)34(29)22-13-14-28-24(19-22)23-9-7-8-10-27(23)33-28/h7-19,33H,1-6H3. The van der Waals surface area contributed by atoms with Gasteiger partial charge in [-0.15, -0.1) is 0 Å². The Morgan fingerprint density at radius 3 is 1.68 bits per heavy atom. The third kappa shape index (κ3) is 3.16. The molecule has 2 heteroatoms. The summed E-state index contributed by atoms with van der Waals surface area (Å²) in [6.07, 6.45) is 0. The van der Waals surface area contributed by atoms with Gasteiger partial charge >= 0.3 is 0 Å². The van der Waals surface area contributed by atoms with E-state index in [1.807, 2.05) is 0 Å². The Balaban J connectivity index is 1.70. The molecule has 0 spiro atoms. The van der Waals surface area contributed by atoms with Crippen molar-refractivity contribution in [3.63, 3.8) is 0 Å². The predicted molar refractivity (Wildman–Crippen MR) is 148 cm³/mol. The lowest BCUT2D eigenvalue weighted by Gasteiger charge is -2.19. The first kappa shape index (κ1) is 21.0. The quantitative estimate of drug-likeness (QED) is 0.261. The molecule has 2 heterocycles. The minimum absolute atomic E-state index is 0.104. The van der Waals surface area contributed by atoms with Crippen LogP contribution in [0.25, 0.3) is 49.3 Å². The van der Waals surface area contributed by atoms with Crippen molar-refractivity contribution in [2.24, 2.45) is 0 Å². The monoisotopic (exact) mass is 444 g/mol. The van der Waals surface area contributed by atoms with E-state index in [9.17, 15) is 0 Å². The molecular formula is C32H32N2. The first-order valence-corrected chi connectivity index (χ1v) is 12.2. The van der Waals surface area contributed by atoms with Crippen LogP contribution >= 0.6 is 0 Å². The van der Waals surface area contributed by atoms with Crippen molar-refractivity contribution >= 4 is 43.6 Å². The van der Waals surface area contributed by atoms with Crippen LogP contribution in [0.4, 0.5) is 0 Å².